The Bertz CT molecular complexity index is 135. The third-order valence-corrected chi connectivity index (χ3v) is 1.79. The van der Waals surface area contributed by atoms with Crippen molar-refractivity contribution in [1.82, 2.24) is 0 Å². The molecule has 11 heavy (non-hydrogen) atoms. The van der Waals surface area contributed by atoms with E-state index in [0.29, 0.717) is 0 Å². The van der Waals surface area contributed by atoms with E-state index < -0.39 is 0 Å². The quantitative estimate of drug-likeness (QED) is 0.348. The normalized spacial score (nSPS) is 11.1. The molecule has 0 rings (SSSR count). The minimum Gasteiger partial charge on any atom is -0.391 e. The first-order chi connectivity index (χ1) is 5.12. The zero-order valence-corrected chi connectivity index (χ0v) is 7.51. The van der Waals surface area contributed by atoms with Crippen LogP contribution in [0.15, 0.2) is 0 Å². The number of aliphatic hydroxyl groups is 1. The molecule has 0 amide bonds. The Morgan fingerprint density at radius 2 is 2.00 bits per heavy atom. The van der Waals surface area contributed by atoms with Crippen molar-refractivity contribution in [1.29, 1.82) is 0 Å². The van der Waals surface area contributed by atoms with Gasteiger partial charge in [0.15, 0.2) is 0 Å². The van der Waals surface area contributed by atoms with E-state index in [1.54, 1.807) is 0 Å². The molecule has 0 unspecified atom stereocenters. The maximum absolute atomic E-state index is 8.70. The highest BCUT2D eigenvalue weighted by Crippen LogP contribution is 1.99. The summed E-state index contributed by atoms with van der Waals surface area (Å²) in [5, 5.41) is 8.70. The van der Waals surface area contributed by atoms with E-state index in [1.165, 1.54) is 0 Å². The standard InChI is InChI=1S/C9H18NO/c1-4-5-6-7-10(2,3)8-9-11/h1,11H,5-9H2,2-3H3/q+1. The summed E-state index contributed by atoms with van der Waals surface area (Å²) in [5.41, 5.74) is 0. The summed E-state index contributed by atoms with van der Waals surface area (Å²) < 4.78 is 0.859. The molecule has 0 aliphatic heterocycles. The lowest BCUT2D eigenvalue weighted by Crippen LogP contribution is -2.42. The first-order valence-electron chi connectivity index (χ1n) is 3.99. The van der Waals surface area contributed by atoms with Crippen molar-refractivity contribution in [2.75, 3.05) is 33.8 Å². The summed E-state index contributed by atoms with van der Waals surface area (Å²) in [4.78, 5) is 0. The summed E-state index contributed by atoms with van der Waals surface area (Å²) in [6.07, 6.45) is 7.01. The maximum Gasteiger partial charge on any atom is 0.102 e. The van der Waals surface area contributed by atoms with Gasteiger partial charge in [-0.15, -0.1) is 12.3 Å². The molecule has 0 aliphatic rings. The Morgan fingerprint density at radius 3 is 2.45 bits per heavy atom. The van der Waals surface area contributed by atoms with Crippen LogP contribution in [0.3, 0.4) is 0 Å². The van der Waals surface area contributed by atoms with Gasteiger partial charge in [-0.1, -0.05) is 0 Å². The van der Waals surface area contributed by atoms with Gasteiger partial charge in [-0.2, -0.15) is 0 Å². The molecule has 1 N–H and O–H groups in total. The van der Waals surface area contributed by atoms with E-state index >= 15 is 0 Å². The monoisotopic (exact) mass is 156 g/mol. The predicted molar refractivity (Wildman–Crippen MR) is 47.0 cm³/mol. The molecule has 0 atom stereocenters. The van der Waals surface area contributed by atoms with Gasteiger partial charge in [-0.3, -0.25) is 0 Å². The molecule has 0 aromatic carbocycles. The van der Waals surface area contributed by atoms with Crippen molar-refractivity contribution in [2.24, 2.45) is 0 Å². The number of hydrogen-bond acceptors (Lipinski definition) is 1. The van der Waals surface area contributed by atoms with Gasteiger partial charge in [0.05, 0.1) is 27.2 Å². The van der Waals surface area contributed by atoms with Crippen LogP contribution in [-0.2, 0) is 0 Å². The predicted octanol–water partition coefficient (Wildman–Crippen LogP) is 0.468. The average Bonchev–Trinajstić information content (AvgIpc) is 1.87. The highest BCUT2D eigenvalue weighted by atomic mass is 16.3. The first-order valence-corrected chi connectivity index (χ1v) is 3.99. The largest absolute Gasteiger partial charge is 0.391 e. The molecule has 0 fully saturated rings. The SMILES string of the molecule is C#CCCC[N+](C)(C)CCO. The first kappa shape index (κ1) is 10.5. The molecule has 0 heterocycles. The number of unbranched alkanes of at least 4 members (excludes halogenated alkanes) is 1. The third kappa shape index (κ3) is 5.90. The Hall–Kier alpha value is -0.520. The Morgan fingerprint density at radius 1 is 1.36 bits per heavy atom. The van der Waals surface area contributed by atoms with Crippen LogP contribution in [0.25, 0.3) is 0 Å². The number of nitrogens with zero attached hydrogens (tertiary/aromatic N) is 1. The zero-order valence-electron chi connectivity index (χ0n) is 7.51. The van der Waals surface area contributed by atoms with Crippen LogP contribution in [0.5, 0.6) is 0 Å². The third-order valence-electron chi connectivity index (χ3n) is 1.79. The summed E-state index contributed by atoms with van der Waals surface area (Å²) in [5.74, 6) is 2.61. The van der Waals surface area contributed by atoms with Crippen molar-refractivity contribution < 1.29 is 9.59 Å². The van der Waals surface area contributed by atoms with Crippen molar-refractivity contribution in [3.63, 3.8) is 0 Å². The van der Waals surface area contributed by atoms with Crippen LogP contribution in [0.2, 0.25) is 0 Å². The zero-order chi connectivity index (χ0) is 8.74. The number of likely N-dealkylation sites (N-methyl/N-ethyl adjacent to an activating group) is 1. The summed E-state index contributed by atoms with van der Waals surface area (Å²) in [7, 11) is 4.21. The molecule has 0 radical (unpaired) electrons. The second-order valence-electron chi connectivity index (χ2n) is 3.41. The minimum atomic E-state index is 0.253. The minimum absolute atomic E-state index is 0.253. The molecule has 2 nitrogen and oxygen atoms in total. The van der Waals surface area contributed by atoms with Crippen LogP contribution in [-0.4, -0.2) is 43.4 Å². The molecule has 2 heteroatoms. The van der Waals surface area contributed by atoms with Crippen LogP contribution in [0.1, 0.15) is 12.8 Å². The van der Waals surface area contributed by atoms with Gasteiger partial charge in [-0.05, 0) is 0 Å². The number of rotatable bonds is 5. The van der Waals surface area contributed by atoms with E-state index in [-0.39, 0.29) is 6.61 Å². The second-order valence-corrected chi connectivity index (χ2v) is 3.41. The van der Waals surface area contributed by atoms with Crippen LogP contribution < -0.4 is 0 Å². The van der Waals surface area contributed by atoms with Gasteiger partial charge in [-0.25, -0.2) is 0 Å². The Balaban J connectivity index is 3.48. The van der Waals surface area contributed by atoms with Gasteiger partial charge in [0, 0.05) is 12.8 Å². The smallest absolute Gasteiger partial charge is 0.102 e. The van der Waals surface area contributed by atoms with Crippen LogP contribution >= 0.6 is 0 Å². The molecule has 0 aromatic heterocycles. The van der Waals surface area contributed by atoms with Crippen molar-refractivity contribution in [2.45, 2.75) is 12.8 Å². The van der Waals surface area contributed by atoms with E-state index in [4.69, 9.17) is 11.5 Å². The van der Waals surface area contributed by atoms with Gasteiger partial charge < -0.3 is 9.59 Å². The van der Waals surface area contributed by atoms with Crippen molar-refractivity contribution in [3.8, 4) is 12.3 Å². The fourth-order valence-corrected chi connectivity index (χ4v) is 0.992. The van der Waals surface area contributed by atoms with Crippen molar-refractivity contribution in [3.05, 3.63) is 0 Å². The number of terminal acetylenes is 1. The summed E-state index contributed by atoms with van der Waals surface area (Å²) in [6.45, 7) is 2.11. The number of hydrogen-bond donors (Lipinski definition) is 1. The summed E-state index contributed by atoms with van der Waals surface area (Å²) >= 11 is 0. The second kappa shape index (κ2) is 5.17. The Labute approximate surface area is 69.4 Å². The average molecular weight is 156 g/mol. The van der Waals surface area contributed by atoms with Gasteiger partial charge in [0.2, 0.25) is 0 Å². The molecule has 0 aromatic rings. The Kier molecular flexibility index (Phi) is 4.93. The highest BCUT2D eigenvalue weighted by Gasteiger charge is 2.11. The topological polar surface area (TPSA) is 20.2 Å². The van der Waals surface area contributed by atoms with Gasteiger partial charge in [0.25, 0.3) is 0 Å². The van der Waals surface area contributed by atoms with Gasteiger partial charge in [0.1, 0.15) is 6.54 Å². The summed E-state index contributed by atoms with van der Waals surface area (Å²) in [6, 6.07) is 0. The fourth-order valence-electron chi connectivity index (χ4n) is 0.992. The maximum atomic E-state index is 8.70. The molecule has 0 saturated carbocycles. The van der Waals surface area contributed by atoms with E-state index in [2.05, 4.69) is 20.0 Å². The molecule has 0 saturated heterocycles. The van der Waals surface area contributed by atoms with E-state index in [1.807, 2.05) is 0 Å². The molecular formula is C9H18NO+. The lowest BCUT2D eigenvalue weighted by molar-refractivity contribution is -0.890. The lowest BCUT2D eigenvalue weighted by Gasteiger charge is -2.28. The van der Waals surface area contributed by atoms with Crippen LogP contribution in [0.4, 0.5) is 0 Å². The number of aliphatic hydroxyl groups excluding tert-OH is 1. The van der Waals surface area contributed by atoms with Crippen LogP contribution in [0, 0.1) is 12.3 Å². The van der Waals surface area contributed by atoms with Crippen molar-refractivity contribution >= 4 is 0 Å². The van der Waals surface area contributed by atoms with Gasteiger partial charge >= 0.3 is 0 Å². The molecule has 0 aliphatic carbocycles. The molecule has 0 bridgehead atoms. The van der Waals surface area contributed by atoms with E-state index in [9.17, 15) is 0 Å². The number of quaternary nitrogens is 1. The highest BCUT2D eigenvalue weighted by molar-refractivity contribution is 4.82. The fraction of sp³-hybridized carbons (Fsp3) is 0.778. The molecule has 0 spiro atoms. The molecule has 64 valence electrons. The molecular weight excluding hydrogens is 138 g/mol. The van der Waals surface area contributed by atoms with E-state index in [0.717, 1.165) is 30.4 Å². The lowest BCUT2D eigenvalue weighted by atomic mass is 10.3.